The molecule has 0 atom stereocenters. The van der Waals surface area contributed by atoms with Gasteiger partial charge in [0.05, 0.1) is 6.61 Å². The number of halogens is 1. The van der Waals surface area contributed by atoms with Crippen molar-refractivity contribution in [3.05, 3.63) is 58.6 Å². The number of ether oxygens (including phenoxy) is 2. The molecule has 2 amide bonds. The van der Waals surface area contributed by atoms with E-state index in [9.17, 15) is 9.59 Å². The van der Waals surface area contributed by atoms with Crippen LogP contribution < -0.4 is 15.4 Å². The van der Waals surface area contributed by atoms with Crippen LogP contribution in [0.1, 0.15) is 12.0 Å². The van der Waals surface area contributed by atoms with Crippen molar-refractivity contribution < 1.29 is 19.1 Å². The van der Waals surface area contributed by atoms with Crippen LogP contribution in [0, 0.1) is 6.92 Å². The lowest BCUT2D eigenvalue weighted by Crippen LogP contribution is -2.31. The van der Waals surface area contributed by atoms with E-state index in [-0.39, 0.29) is 31.4 Å². The average molecular weight is 435 g/mol. The third-order valence-electron chi connectivity index (χ3n) is 3.62. The van der Waals surface area contributed by atoms with Gasteiger partial charge in [0.25, 0.3) is 0 Å². The van der Waals surface area contributed by atoms with E-state index in [1.54, 1.807) is 0 Å². The van der Waals surface area contributed by atoms with E-state index in [1.807, 2.05) is 55.5 Å². The molecule has 0 aromatic heterocycles. The molecule has 0 aliphatic rings. The van der Waals surface area contributed by atoms with Gasteiger partial charge in [-0.05, 0) is 36.8 Å². The van der Waals surface area contributed by atoms with Crippen LogP contribution in [0.15, 0.2) is 53.0 Å². The Morgan fingerprint density at radius 2 is 1.81 bits per heavy atom. The maximum atomic E-state index is 12.0. The van der Waals surface area contributed by atoms with Crippen LogP contribution in [0.3, 0.4) is 0 Å². The maximum Gasteiger partial charge on any atom is 0.246 e. The highest BCUT2D eigenvalue weighted by Gasteiger charge is 2.07. The van der Waals surface area contributed by atoms with Crippen LogP contribution in [-0.4, -0.2) is 38.2 Å². The summed E-state index contributed by atoms with van der Waals surface area (Å²) in [6.07, 6.45) is 0.189. The molecule has 144 valence electrons. The van der Waals surface area contributed by atoms with Crippen molar-refractivity contribution in [2.24, 2.45) is 0 Å². The van der Waals surface area contributed by atoms with E-state index in [0.29, 0.717) is 13.2 Å². The lowest BCUT2D eigenvalue weighted by atomic mass is 10.2. The lowest BCUT2D eigenvalue weighted by molar-refractivity contribution is -0.126. The molecule has 0 aliphatic heterocycles. The summed E-state index contributed by atoms with van der Waals surface area (Å²) in [5, 5.41) is 5.49. The third-order valence-corrected chi connectivity index (χ3v) is 4.11. The van der Waals surface area contributed by atoms with Gasteiger partial charge in [0.15, 0.2) is 0 Å². The average Bonchev–Trinajstić information content (AvgIpc) is 2.65. The van der Waals surface area contributed by atoms with Crippen molar-refractivity contribution in [1.29, 1.82) is 0 Å². The van der Waals surface area contributed by atoms with E-state index in [4.69, 9.17) is 9.47 Å². The first-order chi connectivity index (χ1) is 13.0. The Bertz CT molecular complexity index is 753. The molecule has 7 heteroatoms. The summed E-state index contributed by atoms with van der Waals surface area (Å²) in [5.74, 6) is 0.340. The molecule has 27 heavy (non-hydrogen) atoms. The first kappa shape index (κ1) is 20.9. The largest absolute Gasteiger partial charge is 0.491 e. The van der Waals surface area contributed by atoms with Crippen molar-refractivity contribution in [3.8, 4) is 5.75 Å². The number of carbonyl (C=O) groups is 2. The fourth-order valence-corrected chi connectivity index (χ4v) is 2.57. The number of hydrogen-bond acceptors (Lipinski definition) is 4. The number of aryl methyl sites for hydroxylation is 1. The number of hydrogen-bond donors (Lipinski definition) is 2. The van der Waals surface area contributed by atoms with Crippen LogP contribution >= 0.6 is 15.9 Å². The minimum atomic E-state index is -0.263. The van der Waals surface area contributed by atoms with Gasteiger partial charge in [-0.3, -0.25) is 9.59 Å². The van der Waals surface area contributed by atoms with Crippen LogP contribution in [0.2, 0.25) is 0 Å². The van der Waals surface area contributed by atoms with E-state index in [2.05, 4.69) is 26.6 Å². The summed E-state index contributed by atoms with van der Waals surface area (Å²) in [6, 6.07) is 15.1. The van der Waals surface area contributed by atoms with Gasteiger partial charge in [-0.1, -0.05) is 40.2 Å². The molecular formula is C20H23BrN2O4. The zero-order valence-corrected chi connectivity index (χ0v) is 16.8. The second-order valence-corrected chi connectivity index (χ2v) is 6.74. The Morgan fingerprint density at radius 1 is 1.04 bits per heavy atom. The highest BCUT2D eigenvalue weighted by atomic mass is 79.9. The third kappa shape index (κ3) is 8.23. The quantitative estimate of drug-likeness (QED) is 0.562. The SMILES string of the molecule is Cc1ccc(Br)cc1NC(=O)CCNC(=O)COCCOc1ccccc1. The summed E-state index contributed by atoms with van der Waals surface area (Å²) >= 11 is 3.38. The Kier molecular flexibility index (Phi) is 8.80. The standard InChI is InChI=1S/C20H23BrN2O4/c1-15-7-8-16(21)13-18(15)23-19(24)9-10-22-20(25)14-26-11-12-27-17-5-3-2-4-6-17/h2-8,13H,9-12,14H2,1H3,(H,22,25)(H,23,24). The minimum absolute atomic E-state index is 0.0650. The van der Waals surface area contributed by atoms with Crippen LogP contribution in [0.25, 0.3) is 0 Å². The van der Waals surface area contributed by atoms with E-state index < -0.39 is 0 Å². The fourth-order valence-electron chi connectivity index (χ4n) is 2.21. The number of para-hydroxylation sites is 1. The molecule has 2 aromatic carbocycles. The Hall–Kier alpha value is -2.38. The topological polar surface area (TPSA) is 76.7 Å². The molecule has 6 nitrogen and oxygen atoms in total. The monoisotopic (exact) mass is 434 g/mol. The van der Waals surface area contributed by atoms with Crippen molar-refractivity contribution in [1.82, 2.24) is 5.32 Å². The summed E-state index contributed by atoms with van der Waals surface area (Å²) < 4.78 is 11.6. The number of amides is 2. The summed E-state index contributed by atoms with van der Waals surface area (Å²) in [6.45, 7) is 2.78. The Labute approximate surface area is 167 Å². The van der Waals surface area contributed by atoms with Gasteiger partial charge in [0.2, 0.25) is 11.8 Å². The van der Waals surface area contributed by atoms with Crippen molar-refractivity contribution in [2.45, 2.75) is 13.3 Å². The number of rotatable bonds is 10. The van der Waals surface area contributed by atoms with Crippen molar-refractivity contribution in [3.63, 3.8) is 0 Å². The molecule has 2 aromatic rings. The molecule has 0 radical (unpaired) electrons. The van der Waals surface area contributed by atoms with Gasteiger partial charge in [0, 0.05) is 23.1 Å². The van der Waals surface area contributed by atoms with Crippen molar-refractivity contribution >= 4 is 33.4 Å². The van der Waals surface area contributed by atoms with Crippen LogP contribution in [-0.2, 0) is 14.3 Å². The predicted molar refractivity (Wildman–Crippen MR) is 108 cm³/mol. The predicted octanol–water partition coefficient (Wildman–Crippen LogP) is 3.30. The molecule has 0 aliphatic carbocycles. The first-order valence-electron chi connectivity index (χ1n) is 8.63. The van der Waals surface area contributed by atoms with Crippen LogP contribution in [0.4, 0.5) is 5.69 Å². The second kappa shape index (κ2) is 11.4. The van der Waals surface area contributed by atoms with Gasteiger partial charge in [-0.2, -0.15) is 0 Å². The highest BCUT2D eigenvalue weighted by molar-refractivity contribution is 9.10. The molecule has 0 spiro atoms. The highest BCUT2D eigenvalue weighted by Crippen LogP contribution is 2.20. The molecule has 0 heterocycles. The molecule has 0 saturated carbocycles. The normalized spacial score (nSPS) is 10.3. The summed E-state index contributed by atoms with van der Waals surface area (Å²) in [7, 11) is 0. The number of benzene rings is 2. The van der Waals surface area contributed by atoms with Crippen LogP contribution in [0.5, 0.6) is 5.75 Å². The molecule has 0 bridgehead atoms. The number of nitrogens with one attached hydrogen (secondary N) is 2. The van der Waals surface area contributed by atoms with E-state index >= 15 is 0 Å². The van der Waals surface area contributed by atoms with Gasteiger partial charge in [-0.25, -0.2) is 0 Å². The Morgan fingerprint density at radius 3 is 2.59 bits per heavy atom. The van der Waals surface area contributed by atoms with Crippen molar-refractivity contribution in [2.75, 3.05) is 31.7 Å². The van der Waals surface area contributed by atoms with Gasteiger partial charge < -0.3 is 20.1 Å². The molecule has 2 rings (SSSR count). The Balaban J connectivity index is 1.55. The number of anilines is 1. The molecule has 0 fully saturated rings. The van der Waals surface area contributed by atoms with Gasteiger partial charge >= 0.3 is 0 Å². The summed E-state index contributed by atoms with van der Waals surface area (Å²) in [5.41, 5.74) is 1.73. The van der Waals surface area contributed by atoms with Gasteiger partial charge in [0.1, 0.15) is 19.0 Å². The fraction of sp³-hybridized carbons (Fsp3) is 0.300. The van der Waals surface area contributed by atoms with E-state index in [0.717, 1.165) is 21.5 Å². The first-order valence-corrected chi connectivity index (χ1v) is 9.42. The maximum absolute atomic E-state index is 12.0. The van der Waals surface area contributed by atoms with E-state index in [1.165, 1.54) is 0 Å². The smallest absolute Gasteiger partial charge is 0.246 e. The van der Waals surface area contributed by atoms with Gasteiger partial charge in [-0.15, -0.1) is 0 Å². The number of carbonyl (C=O) groups excluding carboxylic acids is 2. The molecule has 2 N–H and O–H groups in total. The zero-order valence-electron chi connectivity index (χ0n) is 15.2. The minimum Gasteiger partial charge on any atom is -0.491 e. The molecule has 0 saturated heterocycles. The summed E-state index contributed by atoms with van der Waals surface area (Å²) in [4.78, 5) is 23.7. The second-order valence-electron chi connectivity index (χ2n) is 5.82. The lowest BCUT2D eigenvalue weighted by Gasteiger charge is -2.10. The zero-order chi connectivity index (χ0) is 19.5. The molecular weight excluding hydrogens is 412 g/mol. The molecule has 0 unspecified atom stereocenters.